The molecular weight excluding hydrogens is 258 g/mol. The lowest BCUT2D eigenvalue weighted by atomic mass is 10.2. The Morgan fingerprint density at radius 1 is 1.50 bits per heavy atom. The maximum Gasteiger partial charge on any atom is 0.270 e. The van der Waals surface area contributed by atoms with Crippen LogP contribution in [0.5, 0.6) is 0 Å². The highest BCUT2D eigenvalue weighted by Gasteiger charge is 2.19. The first kappa shape index (κ1) is 14.1. The summed E-state index contributed by atoms with van der Waals surface area (Å²) >= 11 is 0. The molecule has 18 heavy (non-hydrogen) atoms. The summed E-state index contributed by atoms with van der Waals surface area (Å²) in [6.07, 6.45) is 0.0349. The van der Waals surface area contributed by atoms with E-state index in [1.54, 1.807) is 13.0 Å². The lowest BCUT2D eigenvalue weighted by Gasteiger charge is -2.07. The third-order valence-corrected chi connectivity index (χ3v) is 3.80. The van der Waals surface area contributed by atoms with E-state index >= 15 is 0 Å². The van der Waals surface area contributed by atoms with Crippen LogP contribution in [0, 0.1) is 28.4 Å². The molecule has 8 heteroatoms. The zero-order valence-corrected chi connectivity index (χ0v) is 10.4. The van der Waals surface area contributed by atoms with Crippen molar-refractivity contribution in [3.05, 3.63) is 33.9 Å². The maximum atomic E-state index is 11.9. The second kappa shape index (κ2) is 5.57. The summed E-state index contributed by atoms with van der Waals surface area (Å²) in [5.41, 5.74) is 0.117. The first-order valence-corrected chi connectivity index (χ1v) is 6.48. The van der Waals surface area contributed by atoms with Gasteiger partial charge in [0, 0.05) is 25.1 Å². The Morgan fingerprint density at radius 3 is 2.72 bits per heavy atom. The van der Waals surface area contributed by atoms with Crippen molar-refractivity contribution in [2.45, 2.75) is 18.2 Å². The molecule has 0 fully saturated rings. The minimum Gasteiger partial charge on any atom is -0.258 e. The molecule has 0 radical (unpaired) electrons. The van der Waals surface area contributed by atoms with Gasteiger partial charge >= 0.3 is 0 Å². The number of hydrogen-bond acceptors (Lipinski definition) is 5. The van der Waals surface area contributed by atoms with Crippen LogP contribution in [0.2, 0.25) is 0 Å². The Kier molecular flexibility index (Phi) is 4.36. The van der Waals surface area contributed by atoms with E-state index in [1.807, 2.05) is 0 Å². The van der Waals surface area contributed by atoms with Crippen LogP contribution in [0.4, 0.5) is 5.69 Å². The molecule has 1 rings (SSSR count). The number of nitrogens with one attached hydrogen (secondary N) is 1. The number of non-ortho nitro benzene ring substituents is 1. The number of benzene rings is 1. The molecule has 1 aromatic rings. The summed E-state index contributed by atoms with van der Waals surface area (Å²) in [7, 11) is -3.82. The van der Waals surface area contributed by atoms with Gasteiger partial charge in [-0.3, -0.25) is 10.1 Å². The lowest BCUT2D eigenvalue weighted by molar-refractivity contribution is -0.385. The number of sulfonamides is 1. The smallest absolute Gasteiger partial charge is 0.258 e. The van der Waals surface area contributed by atoms with Crippen molar-refractivity contribution in [3.63, 3.8) is 0 Å². The molecular formula is C10H11N3O4S. The molecule has 0 spiro atoms. The average Bonchev–Trinajstić information content (AvgIpc) is 2.29. The summed E-state index contributed by atoms with van der Waals surface area (Å²) < 4.78 is 25.9. The minimum absolute atomic E-state index is 0.0268. The van der Waals surface area contributed by atoms with E-state index in [0.717, 1.165) is 6.07 Å². The Bertz CT molecular complexity index is 604. The normalized spacial score (nSPS) is 10.9. The van der Waals surface area contributed by atoms with Crippen molar-refractivity contribution in [1.82, 2.24) is 4.72 Å². The monoisotopic (exact) mass is 269 g/mol. The highest BCUT2D eigenvalue weighted by molar-refractivity contribution is 7.89. The van der Waals surface area contributed by atoms with Gasteiger partial charge in [0.1, 0.15) is 0 Å². The fourth-order valence-corrected chi connectivity index (χ4v) is 2.61. The van der Waals surface area contributed by atoms with Crippen molar-refractivity contribution < 1.29 is 13.3 Å². The van der Waals surface area contributed by atoms with E-state index in [0.29, 0.717) is 5.56 Å². The molecule has 0 atom stereocenters. The van der Waals surface area contributed by atoms with E-state index in [9.17, 15) is 18.5 Å². The average molecular weight is 269 g/mol. The van der Waals surface area contributed by atoms with Gasteiger partial charge in [0.15, 0.2) is 0 Å². The van der Waals surface area contributed by atoms with Crippen LogP contribution in [0.25, 0.3) is 0 Å². The van der Waals surface area contributed by atoms with Crippen LogP contribution in [0.1, 0.15) is 12.0 Å². The zero-order valence-electron chi connectivity index (χ0n) is 9.58. The second-order valence-electron chi connectivity index (χ2n) is 3.51. The number of nitrogens with zero attached hydrogens (tertiary/aromatic N) is 2. The molecule has 1 N–H and O–H groups in total. The first-order valence-electron chi connectivity index (χ1n) is 5.00. The van der Waals surface area contributed by atoms with Crippen LogP contribution in [0.15, 0.2) is 23.1 Å². The number of nitro benzene ring substituents is 1. The predicted octanol–water partition coefficient (Wildman–Crippen LogP) is 1.10. The molecule has 0 aromatic heterocycles. The van der Waals surface area contributed by atoms with Gasteiger partial charge in [0.25, 0.3) is 5.69 Å². The fourth-order valence-electron chi connectivity index (χ4n) is 1.31. The molecule has 7 nitrogen and oxygen atoms in total. The van der Waals surface area contributed by atoms with E-state index < -0.39 is 14.9 Å². The molecule has 0 amide bonds. The predicted molar refractivity (Wildman–Crippen MR) is 63.3 cm³/mol. The largest absolute Gasteiger partial charge is 0.270 e. The molecule has 0 aliphatic carbocycles. The molecule has 1 aromatic carbocycles. The van der Waals surface area contributed by atoms with E-state index in [2.05, 4.69) is 4.72 Å². The molecule has 0 heterocycles. The molecule has 0 saturated heterocycles. The molecule has 0 unspecified atom stereocenters. The van der Waals surface area contributed by atoms with E-state index in [-0.39, 0.29) is 23.5 Å². The second-order valence-corrected chi connectivity index (χ2v) is 5.25. The molecule has 0 saturated carbocycles. The third-order valence-electron chi connectivity index (χ3n) is 2.20. The first-order chi connectivity index (χ1) is 8.38. The van der Waals surface area contributed by atoms with Gasteiger partial charge in [-0.15, -0.1) is 0 Å². The standard InChI is InChI=1S/C10H11N3O4S/c1-8-3-4-9(13(14)15)7-10(8)18(16,17)12-6-2-5-11/h3-4,7,12H,2,6H2,1H3. The third kappa shape index (κ3) is 3.26. The number of aryl methyl sites for hydroxylation is 1. The van der Waals surface area contributed by atoms with Gasteiger partial charge in [0.05, 0.1) is 15.9 Å². The number of nitriles is 1. The quantitative estimate of drug-likeness (QED) is 0.488. The Balaban J connectivity index is 3.12. The van der Waals surface area contributed by atoms with Gasteiger partial charge in [-0.05, 0) is 12.5 Å². The Morgan fingerprint density at radius 2 is 2.17 bits per heavy atom. The van der Waals surface area contributed by atoms with E-state index in [4.69, 9.17) is 5.26 Å². The van der Waals surface area contributed by atoms with Crippen molar-refractivity contribution in [3.8, 4) is 6.07 Å². The summed E-state index contributed by atoms with van der Waals surface area (Å²) in [4.78, 5) is 9.80. The summed E-state index contributed by atoms with van der Waals surface area (Å²) in [6, 6.07) is 5.42. The van der Waals surface area contributed by atoms with Gasteiger partial charge in [0.2, 0.25) is 10.0 Å². The molecule has 0 aliphatic heterocycles. The maximum absolute atomic E-state index is 11.9. The lowest BCUT2D eigenvalue weighted by Crippen LogP contribution is -2.25. The van der Waals surface area contributed by atoms with Crippen molar-refractivity contribution in [1.29, 1.82) is 5.26 Å². The highest BCUT2D eigenvalue weighted by atomic mass is 32.2. The SMILES string of the molecule is Cc1ccc([N+](=O)[O-])cc1S(=O)(=O)NCCC#N. The van der Waals surface area contributed by atoms with Crippen molar-refractivity contribution in [2.24, 2.45) is 0 Å². The zero-order chi connectivity index (χ0) is 13.8. The van der Waals surface area contributed by atoms with Gasteiger partial charge in [-0.2, -0.15) is 5.26 Å². The minimum atomic E-state index is -3.82. The number of hydrogen-bond donors (Lipinski definition) is 1. The summed E-state index contributed by atoms with van der Waals surface area (Å²) in [5.74, 6) is 0. The van der Waals surface area contributed by atoms with Crippen LogP contribution in [-0.4, -0.2) is 19.9 Å². The van der Waals surface area contributed by atoms with Crippen LogP contribution in [0.3, 0.4) is 0 Å². The summed E-state index contributed by atoms with van der Waals surface area (Å²) in [6.45, 7) is 1.52. The summed E-state index contributed by atoms with van der Waals surface area (Å²) in [5, 5.41) is 18.9. The van der Waals surface area contributed by atoms with Crippen LogP contribution < -0.4 is 4.72 Å². The van der Waals surface area contributed by atoms with Gasteiger partial charge in [-0.1, -0.05) is 6.07 Å². The molecule has 0 aliphatic rings. The molecule has 0 bridgehead atoms. The van der Waals surface area contributed by atoms with Crippen LogP contribution >= 0.6 is 0 Å². The highest BCUT2D eigenvalue weighted by Crippen LogP contribution is 2.21. The van der Waals surface area contributed by atoms with E-state index in [1.165, 1.54) is 12.1 Å². The van der Waals surface area contributed by atoms with Crippen molar-refractivity contribution in [2.75, 3.05) is 6.54 Å². The molecule has 96 valence electrons. The number of rotatable bonds is 5. The Hall–Kier alpha value is -1.98. The topological polar surface area (TPSA) is 113 Å². The number of nitro groups is 1. The Labute approximate surface area is 104 Å². The van der Waals surface area contributed by atoms with Gasteiger partial charge in [-0.25, -0.2) is 13.1 Å². The van der Waals surface area contributed by atoms with Crippen LogP contribution in [-0.2, 0) is 10.0 Å². The fraction of sp³-hybridized carbons (Fsp3) is 0.300. The van der Waals surface area contributed by atoms with Gasteiger partial charge < -0.3 is 0 Å². The van der Waals surface area contributed by atoms with Crippen molar-refractivity contribution >= 4 is 15.7 Å².